The summed E-state index contributed by atoms with van der Waals surface area (Å²) in [4.78, 5) is 15.8. The minimum Gasteiger partial charge on any atom is -0.480 e. The summed E-state index contributed by atoms with van der Waals surface area (Å²) in [5.41, 5.74) is 7.31. The van der Waals surface area contributed by atoms with Crippen molar-refractivity contribution in [2.45, 2.75) is 0 Å². The highest BCUT2D eigenvalue weighted by Gasteiger charge is 2.12. The molecule has 6 heteroatoms. The first-order valence-corrected chi connectivity index (χ1v) is 5.39. The first-order chi connectivity index (χ1) is 8.79. The Morgan fingerprint density at radius 1 is 1.28 bits per heavy atom. The van der Waals surface area contributed by atoms with Crippen LogP contribution in [0.4, 0.5) is 5.82 Å². The van der Waals surface area contributed by atoms with Crippen LogP contribution in [-0.2, 0) is 0 Å². The molecule has 3 aromatic rings. The largest absolute Gasteiger partial charge is 0.480 e. The van der Waals surface area contributed by atoms with Gasteiger partial charge in [0, 0.05) is 12.4 Å². The maximum absolute atomic E-state index is 5.90. The third kappa shape index (κ3) is 1.55. The molecule has 3 N–H and O–H groups in total. The number of rotatable bonds is 2. The summed E-state index contributed by atoms with van der Waals surface area (Å²) in [6.45, 7) is 0. The number of nitrogen functional groups attached to an aromatic ring is 1. The second-order valence-electron chi connectivity index (χ2n) is 3.73. The molecule has 0 radical (unpaired) electrons. The van der Waals surface area contributed by atoms with E-state index < -0.39 is 0 Å². The van der Waals surface area contributed by atoms with Crippen LogP contribution in [0.25, 0.3) is 22.4 Å². The number of H-pyrrole nitrogens is 1. The summed E-state index contributed by atoms with van der Waals surface area (Å²) in [5, 5.41) is 0.807. The van der Waals surface area contributed by atoms with Gasteiger partial charge in [0.05, 0.1) is 18.1 Å². The lowest BCUT2D eigenvalue weighted by atomic mass is 10.2. The summed E-state index contributed by atoms with van der Waals surface area (Å²) in [6, 6.07) is 5.49. The Balaban J connectivity index is 2.25. The number of fused-ring (bicyclic) bond motifs is 1. The summed E-state index contributed by atoms with van der Waals surface area (Å²) in [6.07, 6.45) is 3.43. The lowest BCUT2D eigenvalue weighted by Gasteiger charge is -2.06. The fourth-order valence-electron chi connectivity index (χ4n) is 1.81. The van der Waals surface area contributed by atoms with Gasteiger partial charge in [0.25, 0.3) is 0 Å². The number of hydrogen-bond acceptors (Lipinski definition) is 5. The number of methoxy groups -OCH3 is 1. The highest BCUT2D eigenvalue weighted by atomic mass is 16.5. The van der Waals surface area contributed by atoms with E-state index in [1.165, 1.54) is 0 Å². The maximum atomic E-state index is 5.90. The van der Waals surface area contributed by atoms with Gasteiger partial charge in [0.2, 0.25) is 5.88 Å². The first kappa shape index (κ1) is 10.5. The highest BCUT2D eigenvalue weighted by Crippen LogP contribution is 2.27. The summed E-state index contributed by atoms with van der Waals surface area (Å²) in [5.74, 6) is 1.40. The molecular formula is C12H11N5O. The molecule has 0 spiro atoms. The van der Waals surface area contributed by atoms with Crippen LogP contribution in [0.1, 0.15) is 0 Å². The van der Waals surface area contributed by atoms with E-state index in [0.717, 1.165) is 5.39 Å². The Morgan fingerprint density at radius 3 is 3.00 bits per heavy atom. The van der Waals surface area contributed by atoms with Gasteiger partial charge in [-0.2, -0.15) is 0 Å². The van der Waals surface area contributed by atoms with Gasteiger partial charge in [-0.15, -0.1) is 0 Å². The number of pyridine rings is 1. The van der Waals surface area contributed by atoms with E-state index in [1.807, 2.05) is 12.1 Å². The van der Waals surface area contributed by atoms with E-state index in [0.29, 0.717) is 28.7 Å². The van der Waals surface area contributed by atoms with Crippen molar-refractivity contribution in [3.05, 3.63) is 30.6 Å². The van der Waals surface area contributed by atoms with Crippen LogP contribution < -0.4 is 10.5 Å². The molecule has 0 bridgehead atoms. The van der Waals surface area contributed by atoms with Gasteiger partial charge < -0.3 is 15.5 Å². The molecule has 0 unspecified atom stereocenters. The lowest BCUT2D eigenvalue weighted by molar-refractivity contribution is 0.399. The number of anilines is 1. The minimum atomic E-state index is 0.433. The predicted molar refractivity (Wildman–Crippen MR) is 68.1 cm³/mol. The normalized spacial score (nSPS) is 10.7. The number of ether oxygens (including phenoxy) is 1. The first-order valence-electron chi connectivity index (χ1n) is 5.39. The van der Waals surface area contributed by atoms with Crippen LogP contribution >= 0.6 is 0 Å². The smallest absolute Gasteiger partial charge is 0.224 e. The van der Waals surface area contributed by atoms with Crippen LogP contribution in [0, 0.1) is 0 Å². The zero-order valence-corrected chi connectivity index (χ0v) is 9.71. The van der Waals surface area contributed by atoms with Gasteiger partial charge in [0.1, 0.15) is 11.5 Å². The van der Waals surface area contributed by atoms with Crippen molar-refractivity contribution < 1.29 is 4.74 Å². The molecule has 0 aliphatic carbocycles. The molecule has 0 aromatic carbocycles. The van der Waals surface area contributed by atoms with Gasteiger partial charge in [-0.3, -0.25) is 0 Å². The van der Waals surface area contributed by atoms with E-state index in [1.54, 1.807) is 25.6 Å². The van der Waals surface area contributed by atoms with Crippen LogP contribution in [0.5, 0.6) is 5.88 Å². The maximum Gasteiger partial charge on any atom is 0.224 e. The van der Waals surface area contributed by atoms with Crippen molar-refractivity contribution >= 4 is 16.9 Å². The van der Waals surface area contributed by atoms with Gasteiger partial charge in [0.15, 0.2) is 5.82 Å². The average molecular weight is 241 g/mol. The van der Waals surface area contributed by atoms with Gasteiger partial charge in [-0.1, -0.05) is 0 Å². The lowest BCUT2D eigenvalue weighted by Crippen LogP contribution is -1.99. The Bertz CT molecular complexity index is 707. The van der Waals surface area contributed by atoms with Crippen molar-refractivity contribution in [3.8, 4) is 17.3 Å². The zero-order valence-electron chi connectivity index (χ0n) is 9.71. The van der Waals surface area contributed by atoms with Crippen molar-refractivity contribution in [2.75, 3.05) is 12.8 Å². The zero-order chi connectivity index (χ0) is 12.5. The van der Waals surface area contributed by atoms with E-state index in [4.69, 9.17) is 10.5 Å². The summed E-state index contributed by atoms with van der Waals surface area (Å²) in [7, 11) is 1.56. The third-order valence-electron chi connectivity index (χ3n) is 2.65. The van der Waals surface area contributed by atoms with E-state index >= 15 is 0 Å². The SMILES string of the molecule is COc1ncccc1-c1nc(N)c2cc[nH]c2n1. The average Bonchev–Trinajstić information content (AvgIpc) is 2.87. The molecule has 18 heavy (non-hydrogen) atoms. The molecule has 90 valence electrons. The molecule has 3 aromatic heterocycles. The van der Waals surface area contributed by atoms with E-state index in [-0.39, 0.29) is 0 Å². The van der Waals surface area contributed by atoms with Crippen molar-refractivity contribution in [1.82, 2.24) is 19.9 Å². The van der Waals surface area contributed by atoms with Gasteiger partial charge in [-0.05, 0) is 18.2 Å². The monoisotopic (exact) mass is 241 g/mol. The highest BCUT2D eigenvalue weighted by molar-refractivity contribution is 5.87. The van der Waals surface area contributed by atoms with Crippen LogP contribution in [0.15, 0.2) is 30.6 Å². The van der Waals surface area contributed by atoms with Gasteiger partial charge >= 0.3 is 0 Å². The number of hydrogen-bond donors (Lipinski definition) is 2. The molecule has 3 rings (SSSR count). The molecule has 0 saturated heterocycles. The summed E-state index contributed by atoms with van der Waals surface area (Å²) < 4.78 is 5.19. The second kappa shape index (κ2) is 3.99. The quantitative estimate of drug-likeness (QED) is 0.711. The molecular weight excluding hydrogens is 230 g/mol. The molecule has 3 heterocycles. The van der Waals surface area contributed by atoms with Gasteiger partial charge in [-0.25, -0.2) is 15.0 Å². The number of aromatic amines is 1. The van der Waals surface area contributed by atoms with Crippen molar-refractivity contribution in [1.29, 1.82) is 0 Å². The molecule has 0 saturated carbocycles. The second-order valence-corrected chi connectivity index (χ2v) is 3.73. The van der Waals surface area contributed by atoms with E-state index in [2.05, 4.69) is 19.9 Å². The molecule has 0 aliphatic heterocycles. The Labute approximate surface area is 103 Å². The molecule has 0 atom stereocenters. The van der Waals surface area contributed by atoms with Crippen LogP contribution in [0.3, 0.4) is 0 Å². The number of nitrogens with two attached hydrogens (primary N) is 1. The standard InChI is InChI=1S/C12H11N5O/c1-18-12-8(3-2-5-15-12)11-16-9(13)7-4-6-14-10(7)17-11/h2-6H,1H3,(H3,13,14,16,17). The molecule has 0 amide bonds. The number of nitrogens with zero attached hydrogens (tertiary/aromatic N) is 3. The van der Waals surface area contributed by atoms with Crippen LogP contribution in [-0.4, -0.2) is 27.0 Å². The summed E-state index contributed by atoms with van der Waals surface area (Å²) >= 11 is 0. The number of aromatic nitrogens is 4. The Hall–Kier alpha value is -2.63. The molecule has 0 aliphatic rings. The predicted octanol–water partition coefficient (Wildman–Crippen LogP) is 1.61. The molecule has 6 nitrogen and oxygen atoms in total. The topological polar surface area (TPSA) is 89.7 Å². The van der Waals surface area contributed by atoms with Crippen LogP contribution in [0.2, 0.25) is 0 Å². The minimum absolute atomic E-state index is 0.433. The molecule has 0 fully saturated rings. The third-order valence-corrected chi connectivity index (χ3v) is 2.65. The van der Waals surface area contributed by atoms with E-state index in [9.17, 15) is 0 Å². The fraction of sp³-hybridized carbons (Fsp3) is 0.0833. The number of nitrogens with one attached hydrogen (secondary N) is 1. The van der Waals surface area contributed by atoms with Crippen molar-refractivity contribution in [2.24, 2.45) is 0 Å². The van der Waals surface area contributed by atoms with Crippen molar-refractivity contribution in [3.63, 3.8) is 0 Å². The fourth-order valence-corrected chi connectivity index (χ4v) is 1.81. The Morgan fingerprint density at radius 2 is 2.17 bits per heavy atom. The Kier molecular flexibility index (Phi) is 2.33.